The van der Waals surface area contributed by atoms with Gasteiger partial charge in [-0.15, -0.1) is 11.3 Å². The molecule has 1 aliphatic rings. The number of hydrogen-bond acceptors (Lipinski definition) is 3. The third kappa shape index (κ3) is 3.12. The molecule has 0 aromatic carbocycles. The monoisotopic (exact) mass is 283 g/mol. The smallest absolute Gasteiger partial charge is 0.0305 e. The molecule has 2 rings (SSSR count). The molecular formula is C15H25NS2. The van der Waals surface area contributed by atoms with Gasteiger partial charge in [-0.3, -0.25) is 0 Å². The molecule has 1 fully saturated rings. The van der Waals surface area contributed by atoms with Crippen molar-refractivity contribution in [3.05, 3.63) is 21.4 Å². The van der Waals surface area contributed by atoms with Crippen LogP contribution in [0.15, 0.2) is 6.07 Å². The largest absolute Gasteiger partial charge is 0.306 e. The summed E-state index contributed by atoms with van der Waals surface area (Å²) in [4.78, 5) is 2.89. The Bertz CT molecular complexity index is 409. The Morgan fingerprint density at radius 1 is 1.39 bits per heavy atom. The SMILES string of the molecule is Cc1cc(C(C)NC2CSCCC2(C)C)c(C)s1. The van der Waals surface area contributed by atoms with Gasteiger partial charge in [-0.1, -0.05) is 13.8 Å². The first kappa shape index (κ1) is 14.4. The molecule has 1 saturated heterocycles. The Morgan fingerprint density at radius 2 is 2.11 bits per heavy atom. The highest BCUT2D eigenvalue weighted by Gasteiger charge is 2.33. The molecule has 3 heteroatoms. The molecule has 1 N–H and O–H groups in total. The average molecular weight is 284 g/mol. The van der Waals surface area contributed by atoms with Crippen molar-refractivity contribution < 1.29 is 0 Å². The van der Waals surface area contributed by atoms with Crippen LogP contribution < -0.4 is 5.32 Å². The predicted octanol–water partition coefficient (Wildman–Crippen LogP) is 4.55. The van der Waals surface area contributed by atoms with E-state index < -0.39 is 0 Å². The Morgan fingerprint density at radius 3 is 2.67 bits per heavy atom. The molecule has 2 unspecified atom stereocenters. The van der Waals surface area contributed by atoms with E-state index in [4.69, 9.17) is 0 Å². The Hall–Kier alpha value is 0.01000. The van der Waals surface area contributed by atoms with Gasteiger partial charge in [0, 0.05) is 27.6 Å². The molecule has 2 atom stereocenters. The maximum Gasteiger partial charge on any atom is 0.0305 e. The highest BCUT2D eigenvalue weighted by atomic mass is 32.2. The predicted molar refractivity (Wildman–Crippen MR) is 84.9 cm³/mol. The molecule has 0 radical (unpaired) electrons. The van der Waals surface area contributed by atoms with Crippen molar-refractivity contribution in [3.8, 4) is 0 Å². The first-order valence-electron chi connectivity index (χ1n) is 6.81. The Balaban J connectivity index is 2.06. The number of aryl methyl sites for hydroxylation is 2. The number of nitrogens with one attached hydrogen (secondary N) is 1. The number of rotatable bonds is 3. The zero-order valence-electron chi connectivity index (χ0n) is 12.2. The van der Waals surface area contributed by atoms with E-state index in [9.17, 15) is 0 Å². The summed E-state index contributed by atoms with van der Waals surface area (Å²) < 4.78 is 0. The summed E-state index contributed by atoms with van der Waals surface area (Å²) in [5, 5.41) is 3.87. The molecule has 0 amide bonds. The Kier molecular flexibility index (Phi) is 4.45. The van der Waals surface area contributed by atoms with Gasteiger partial charge < -0.3 is 5.32 Å². The van der Waals surface area contributed by atoms with Crippen LogP contribution in [0.25, 0.3) is 0 Å². The van der Waals surface area contributed by atoms with E-state index in [0.29, 0.717) is 17.5 Å². The summed E-state index contributed by atoms with van der Waals surface area (Å²) in [6.45, 7) is 11.6. The van der Waals surface area contributed by atoms with Crippen molar-refractivity contribution in [2.45, 2.75) is 53.1 Å². The summed E-state index contributed by atoms with van der Waals surface area (Å²) in [6.07, 6.45) is 1.32. The van der Waals surface area contributed by atoms with Gasteiger partial charge >= 0.3 is 0 Å². The molecule has 18 heavy (non-hydrogen) atoms. The van der Waals surface area contributed by atoms with Crippen molar-refractivity contribution >= 4 is 23.1 Å². The molecule has 0 saturated carbocycles. The molecule has 0 bridgehead atoms. The van der Waals surface area contributed by atoms with Gasteiger partial charge in [-0.25, -0.2) is 0 Å². The van der Waals surface area contributed by atoms with E-state index in [1.54, 1.807) is 0 Å². The first-order chi connectivity index (χ1) is 8.40. The lowest BCUT2D eigenvalue weighted by Crippen LogP contribution is -2.47. The summed E-state index contributed by atoms with van der Waals surface area (Å²) in [6, 6.07) is 3.45. The van der Waals surface area contributed by atoms with E-state index >= 15 is 0 Å². The molecule has 0 aliphatic carbocycles. The van der Waals surface area contributed by atoms with Gasteiger partial charge in [0.25, 0.3) is 0 Å². The van der Waals surface area contributed by atoms with Gasteiger partial charge in [-0.05, 0) is 50.0 Å². The molecule has 1 aromatic heterocycles. The van der Waals surface area contributed by atoms with Crippen molar-refractivity contribution in [2.24, 2.45) is 5.41 Å². The fraction of sp³-hybridized carbons (Fsp3) is 0.733. The molecule has 0 spiro atoms. The molecule has 1 nitrogen and oxygen atoms in total. The Labute approximate surface area is 120 Å². The summed E-state index contributed by atoms with van der Waals surface area (Å²) in [7, 11) is 0. The van der Waals surface area contributed by atoms with Gasteiger partial charge in [0.05, 0.1) is 0 Å². The normalized spacial score (nSPS) is 25.1. The fourth-order valence-electron chi connectivity index (χ4n) is 2.68. The lowest BCUT2D eigenvalue weighted by Gasteiger charge is -2.40. The van der Waals surface area contributed by atoms with Crippen molar-refractivity contribution in [1.29, 1.82) is 0 Å². The minimum atomic E-state index is 0.429. The van der Waals surface area contributed by atoms with Crippen LogP contribution in [0.5, 0.6) is 0 Å². The van der Waals surface area contributed by atoms with E-state index in [1.165, 1.54) is 33.2 Å². The van der Waals surface area contributed by atoms with E-state index in [-0.39, 0.29) is 0 Å². The number of hydrogen-bond donors (Lipinski definition) is 1. The van der Waals surface area contributed by atoms with Crippen LogP contribution in [-0.4, -0.2) is 17.5 Å². The average Bonchev–Trinajstić information content (AvgIpc) is 2.61. The second-order valence-electron chi connectivity index (χ2n) is 6.12. The van der Waals surface area contributed by atoms with Crippen molar-refractivity contribution in [1.82, 2.24) is 5.32 Å². The maximum atomic E-state index is 3.87. The zero-order valence-corrected chi connectivity index (χ0v) is 13.8. The molecular weight excluding hydrogens is 258 g/mol. The minimum absolute atomic E-state index is 0.429. The molecule has 102 valence electrons. The van der Waals surface area contributed by atoms with Crippen LogP contribution >= 0.6 is 23.1 Å². The third-order valence-electron chi connectivity index (χ3n) is 4.12. The summed E-state index contributed by atoms with van der Waals surface area (Å²) >= 11 is 4.01. The van der Waals surface area contributed by atoms with Gasteiger partial charge in [-0.2, -0.15) is 11.8 Å². The second kappa shape index (κ2) is 5.56. The number of thioether (sulfide) groups is 1. The van der Waals surface area contributed by atoms with E-state index in [0.717, 1.165) is 0 Å². The molecule has 2 heterocycles. The summed E-state index contributed by atoms with van der Waals surface area (Å²) in [5.41, 5.74) is 1.92. The van der Waals surface area contributed by atoms with Crippen LogP contribution in [0.4, 0.5) is 0 Å². The topological polar surface area (TPSA) is 12.0 Å². The van der Waals surface area contributed by atoms with Crippen LogP contribution in [0.3, 0.4) is 0 Å². The first-order valence-corrected chi connectivity index (χ1v) is 8.78. The highest BCUT2D eigenvalue weighted by molar-refractivity contribution is 7.99. The van der Waals surface area contributed by atoms with Gasteiger partial charge in [0.1, 0.15) is 0 Å². The minimum Gasteiger partial charge on any atom is -0.306 e. The summed E-state index contributed by atoms with van der Waals surface area (Å²) in [5.74, 6) is 2.57. The van der Waals surface area contributed by atoms with Crippen molar-refractivity contribution in [3.63, 3.8) is 0 Å². The zero-order chi connectivity index (χ0) is 13.3. The fourth-order valence-corrected chi connectivity index (χ4v) is 5.32. The van der Waals surface area contributed by atoms with Crippen LogP contribution in [0.2, 0.25) is 0 Å². The molecule has 1 aromatic rings. The second-order valence-corrected chi connectivity index (χ2v) is 8.73. The highest BCUT2D eigenvalue weighted by Crippen LogP contribution is 2.36. The number of thiophene rings is 1. The van der Waals surface area contributed by atoms with Crippen LogP contribution in [0, 0.1) is 19.3 Å². The third-order valence-corrected chi connectivity index (χ3v) is 6.16. The molecule has 1 aliphatic heterocycles. The van der Waals surface area contributed by atoms with E-state index in [2.05, 4.69) is 57.8 Å². The van der Waals surface area contributed by atoms with Crippen LogP contribution in [0.1, 0.15) is 48.6 Å². The standard InChI is InChI=1S/C15H25NS2/c1-10-8-13(12(3)18-10)11(2)16-14-9-17-7-6-15(14,4)5/h8,11,14,16H,6-7,9H2,1-5H3. The van der Waals surface area contributed by atoms with Gasteiger partial charge in [0.15, 0.2) is 0 Å². The van der Waals surface area contributed by atoms with Crippen LogP contribution in [-0.2, 0) is 0 Å². The lowest BCUT2D eigenvalue weighted by molar-refractivity contribution is 0.232. The lowest BCUT2D eigenvalue weighted by atomic mass is 9.81. The van der Waals surface area contributed by atoms with Gasteiger partial charge in [0.2, 0.25) is 0 Å². The quantitative estimate of drug-likeness (QED) is 0.873. The maximum absolute atomic E-state index is 3.87. The van der Waals surface area contributed by atoms with Crippen molar-refractivity contribution in [2.75, 3.05) is 11.5 Å². The van der Waals surface area contributed by atoms with E-state index in [1.807, 2.05) is 11.3 Å².